The molecule has 1 saturated carbocycles. The molecule has 0 spiro atoms. The number of amides is 3. The number of piperazine rings is 1. The molecule has 1 aromatic rings. The van der Waals surface area contributed by atoms with Crippen molar-refractivity contribution in [2.75, 3.05) is 44.3 Å². The van der Waals surface area contributed by atoms with Crippen molar-refractivity contribution in [3.8, 4) is 0 Å². The van der Waals surface area contributed by atoms with Crippen LogP contribution in [0.2, 0.25) is 0 Å². The van der Waals surface area contributed by atoms with E-state index < -0.39 is 5.54 Å². The molecule has 0 bridgehead atoms. The number of benzene rings is 1. The van der Waals surface area contributed by atoms with Gasteiger partial charge in [0.25, 0.3) is 0 Å². The number of aliphatic imine (C=N–C) groups is 1. The Bertz CT molecular complexity index is 955. The molecule has 1 aliphatic carbocycles. The number of hydrogen-bond donors (Lipinski definition) is 4. The summed E-state index contributed by atoms with van der Waals surface area (Å²) in [6, 6.07) is 8.61. The van der Waals surface area contributed by atoms with E-state index >= 15 is 0 Å². The van der Waals surface area contributed by atoms with Crippen molar-refractivity contribution >= 4 is 23.5 Å². The predicted molar refractivity (Wildman–Crippen MR) is 138 cm³/mol. The fourth-order valence-electron chi connectivity index (χ4n) is 4.55. The summed E-state index contributed by atoms with van der Waals surface area (Å²) in [6.45, 7) is 7.58. The summed E-state index contributed by atoms with van der Waals surface area (Å²) in [5.74, 6) is 1.15. The molecule has 2 fully saturated rings. The van der Waals surface area contributed by atoms with Crippen LogP contribution in [0.3, 0.4) is 0 Å². The second kappa shape index (κ2) is 10.8. The van der Waals surface area contributed by atoms with Gasteiger partial charge in [0.1, 0.15) is 12.5 Å². The van der Waals surface area contributed by atoms with E-state index in [0.29, 0.717) is 50.6 Å². The van der Waals surface area contributed by atoms with Crippen LogP contribution in [0.15, 0.2) is 41.5 Å². The van der Waals surface area contributed by atoms with Crippen molar-refractivity contribution in [3.05, 3.63) is 42.1 Å². The molecular weight excluding hydrogens is 444 g/mol. The van der Waals surface area contributed by atoms with Gasteiger partial charge < -0.3 is 31.5 Å². The number of carbonyl (C=O) groups is 2. The topological polar surface area (TPSA) is 132 Å². The highest BCUT2D eigenvalue weighted by Gasteiger charge is 2.31. The molecule has 190 valence electrons. The Hall–Kier alpha value is -2.95. The second-order valence-electron chi connectivity index (χ2n) is 10.3. The lowest BCUT2D eigenvalue weighted by Gasteiger charge is -2.37. The summed E-state index contributed by atoms with van der Waals surface area (Å²) in [5, 5.41) is 6.38. The van der Waals surface area contributed by atoms with E-state index in [-0.39, 0.29) is 11.9 Å². The Balaban J connectivity index is 1.19. The van der Waals surface area contributed by atoms with Gasteiger partial charge in [-0.3, -0.25) is 10.1 Å². The predicted octanol–water partition coefficient (Wildman–Crippen LogP) is 0.794. The average molecular weight is 483 g/mol. The third kappa shape index (κ3) is 6.59. The number of carbonyl (C=O) groups excluding carboxylic acids is 2. The van der Waals surface area contributed by atoms with Crippen LogP contribution >= 0.6 is 0 Å². The van der Waals surface area contributed by atoms with Gasteiger partial charge in [0.15, 0.2) is 0 Å². The highest BCUT2D eigenvalue weighted by atomic mass is 16.2. The minimum Gasteiger partial charge on any atom is -0.338 e. The smallest absolute Gasteiger partial charge is 0.323 e. The molecule has 1 aromatic carbocycles. The van der Waals surface area contributed by atoms with Crippen molar-refractivity contribution in [1.29, 1.82) is 0 Å². The van der Waals surface area contributed by atoms with Crippen molar-refractivity contribution in [2.45, 2.75) is 44.8 Å². The summed E-state index contributed by atoms with van der Waals surface area (Å²) in [6.07, 6.45) is 5.98. The number of nitrogens with zero attached hydrogens (tertiary/aromatic N) is 4. The Kier molecular flexibility index (Phi) is 7.73. The van der Waals surface area contributed by atoms with Gasteiger partial charge in [-0.25, -0.2) is 9.79 Å². The Morgan fingerprint density at radius 1 is 1.09 bits per heavy atom. The molecule has 0 atom stereocenters. The van der Waals surface area contributed by atoms with Gasteiger partial charge in [-0.15, -0.1) is 0 Å². The molecular formula is C25H38N8O2. The minimum atomic E-state index is -0.903. The Morgan fingerprint density at radius 3 is 2.31 bits per heavy atom. The molecule has 3 aliphatic rings. The number of nitrogens with two attached hydrogens (primary N) is 2. The molecule has 0 radical (unpaired) electrons. The van der Waals surface area contributed by atoms with Crippen molar-refractivity contribution in [2.24, 2.45) is 22.4 Å². The molecule has 3 amide bonds. The van der Waals surface area contributed by atoms with Gasteiger partial charge in [-0.1, -0.05) is 12.1 Å². The van der Waals surface area contributed by atoms with E-state index in [1.165, 1.54) is 5.56 Å². The third-order valence-corrected chi connectivity index (χ3v) is 6.75. The first-order valence-corrected chi connectivity index (χ1v) is 12.4. The Morgan fingerprint density at radius 2 is 1.74 bits per heavy atom. The zero-order valence-corrected chi connectivity index (χ0v) is 20.7. The van der Waals surface area contributed by atoms with E-state index in [4.69, 9.17) is 11.5 Å². The van der Waals surface area contributed by atoms with E-state index in [0.717, 1.165) is 31.6 Å². The first-order chi connectivity index (χ1) is 16.7. The van der Waals surface area contributed by atoms with Gasteiger partial charge in [0, 0.05) is 50.7 Å². The van der Waals surface area contributed by atoms with Crippen LogP contribution in [0.5, 0.6) is 0 Å². The first-order valence-electron chi connectivity index (χ1n) is 12.4. The van der Waals surface area contributed by atoms with Crippen molar-refractivity contribution in [1.82, 2.24) is 20.4 Å². The number of amidine groups is 1. The zero-order chi connectivity index (χ0) is 25.0. The number of rotatable bonds is 6. The normalized spacial score (nSPS) is 22.5. The number of nitrogens with one attached hydrogen (secondary N) is 2. The SMILES string of the molecule is CC(C)(N)C(=O)N1CCN(C(=O)NC2=NCN(c3ccc(CNCC4CC(N)C4)cc3)C=C2)CC1. The summed E-state index contributed by atoms with van der Waals surface area (Å²) < 4.78 is 0. The molecule has 2 aliphatic heterocycles. The van der Waals surface area contributed by atoms with Gasteiger partial charge in [0.2, 0.25) is 5.91 Å². The summed E-state index contributed by atoms with van der Waals surface area (Å²) in [7, 11) is 0. The fourth-order valence-corrected chi connectivity index (χ4v) is 4.55. The lowest BCUT2D eigenvalue weighted by Crippen LogP contribution is -2.59. The standard InChI is InChI=1S/C25H38N8O2/c1-25(2,27)23(34)31-9-11-32(12-10-31)24(35)30-22-7-8-33(17-29-22)21-5-3-18(4-6-21)15-28-16-19-13-20(26)14-19/h3-8,19-20,28H,9-17,26-27H2,1-2H3,(H,29,30,35). The molecule has 1 saturated heterocycles. The molecule has 0 unspecified atom stereocenters. The minimum absolute atomic E-state index is 0.0969. The van der Waals surface area contributed by atoms with E-state index in [2.05, 4.69) is 39.9 Å². The third-order valence-electron chi connectivity index (χ3n) is 6.75. The van der Waals surface area contributed by atoms with Gasteiger partial charge in [-0.2, -0.15) is 0 Å². The van der Waals surface area contributed by atoms with Gasteiger partial charge >= 0.3 is 6.03 Å². The van der Waals surface area contributed by atoms with Crippen LogP contribution in [-0.2, 0) is 11.3 Å². The molecule has 2 heterocycles. The number of urea groups is 1. The average Bonchev–Trinajstić information content (AvgIpc) is 2.83. The van der Waals surface area contributed by atoms with Crippen LogP contribution in [-0.4, -0.2) is 78.5 Å². The molecule has 35 heavy (non-hydrogen) atoms. The van der Waals surface area contributed by atoms with Crippen LogP contribution < -0.4 is 27.0 Å². The monoisotopic (exact) mass is 482 g/mol. The maximum atomic E-state index is 12.6. The van der Waals surface area contributed by atoms with Crippen molar-refractivity contribution in [3.63, 3.8) is 0 Å². The summed E-state index contributed by atoms with van der Waals surface area (Å²) in [5.41, 5.74) is 13.1. The summed E-state index contributed by atoms with van der Waals surface area (Å²) >= 11 is 0. The molecule has 0 aromatic heterocycles. The second-order valence-corrected chi connectivity index (χ2v) is 10.3. The summed E-state index contributed by atoms with van der Waals surface area (Å²) in [4.78, 5) is 34.9. The van der Waals surface area contributed by atoms with E-state index in [9.17, 15) is 9.59 Å². The molecule has 10 nitrogen and oxygen atoms in total. The number of anilines is 1. The highest BCUT2D eigenvalue weighted by molar-refractivity contribution is 6.04. The lowest BCUT2D eigenvalue weighted by molar-refractivity contribution is -0.137. The largest absolute Gasteiger partial charge is 0.338 e. The molecule has 10 heteroatoms. The first kappa shape index (κ1) is 25.2. The fraction of sp³-hybridized carbons (Fsp3) is 0.560. The van der Waals surface area contributed by atoms with E-state index in [1.807, 2.05) is 11.1 Å². The van der Waals surface area contributed by atoms with Gasteiger partial charge in [-0.05, 0) is 62.9 Å². The van der Waals surface area contributed by atoms with Crippen LogP contribution in [0.25, 0.3) is 0 Å². The highest BCUT2D eigenvalue weighted by Crippen LogP contribution is 2.24. The maximum absolute atomic E-state index is 12.6. The quantitative estimate of drug-likeness (QED) is 0.474. The molecule has 4 rings (SSSR count). The van der Waals surface area contributed by atoms with Crippen molar-refractivity contribution < 1.29 is 9.59 Å². The van der Waals surface area contributed by atoms with Crippen LogP contribution in [0.1, 0.15) is 32.3 Å². The molecule has 6 N–H and O–H groups in total. The van der Waals surface area contributed by atoms with E-state index in [1.54, 1.807) is 29.7 Å². The van der Waals surface area contributed by atoms with Crippen LogP contribution in [0.4, 0.5) is 10.5 Å². The Labute approximate surface area is 207 Å². The zero-order valence-electron chi connectivity index (χ0n) is 20.7. The van der Waals surface area contributed by atoms with Gasteiger partial charge in [0.05, 0.1) is 5.54 Å². The van der Waals surface area contributed by atoms with Crippen LogP contribution in [0, 0.1) is 5.92 Å². The lowest BCUT2D eigenvalue weighted by atomic mass is 9.81. The number of hydrogen-bond acceptors (Lipinski definition) is 7. The maximum Gasteiger partial charge on any atom is 0.323 e.